The van der Waals surface area contributed by atoms with E-state index < -0.39 is 10.8 Å². The van der Waals surface area contributed by atoms with Gasteiger partial charge in [-0.2, -0.15) is 0 Å². The van der Waals surface area contributed by atoms with Crippen molar-refractivity contribution in [1.29, 1.82) is 0 Å². The molecule has 246 valence electrons. The number of pyridine rings is 2. The number of nitrogens with one attached hydrogen (secondary N) is 1. The minimum atomic E-state index is -1.31. The van der Waals surface area contributed by atoms with Crippen molar-refractivity contribution >= 4 is 34.2 Å². The third-order valence-electron chi connectivity index (χ3n) is 7.80. The third-order valence-corrected chi connectivity index (χ3v) is 9.10. The fourth-order valence-electron chi connectivity index (χ4n) is 5.40. The van der Waals surface area contributed by atoms with E-state index >= 15 is 0 Å². The molecule has 0 saturated heterocycles. The summed E-state index contributed by atoms with van der Waals surface area (Å²) >= 11 is 0. The number of hydrogen-bond donors (Lipinski definition) is 1. The van der Waals surface area contributed by atoms with Gasteiger partial charge in [-0.3, -0.25) is 14.0 Å². The number of rotatable bonds is 15. The topological polar surface area (TPSA) is 93.6 Å². The standard InChI is InChI=1S/C38H44N4O4S/c1-4-5-19-45-20-21-46-35-12-8-30(9-13-35)31-10-14-36-33(22-31)23-32(16-18-42(36)26-28(2)3)38(43)41-34-11-15-37(40-25-34)47(44)27-29-7-6-17-39-24-29/h6-15,17,22-25,28H,4-5,16,18-21,26-27H2,1-3H3,(H,41,43). The zero-order valence-corrected chi connectivity index (χ0v) is 28.3. The van der Waals surface area contributed by atoms with Gasteiger partial charge in [0.1, 0.15) is 17.4 Å². The van der Waals surface area contributed by atoms with Crippen LogP contribution in [0.15, 0.2) is 95.9 Å². The van der Waals surface area contributed by atoms with Gasteiger partial charge >= 0.3 is 0 Å². The summed E-state index contributed by atoms with van der Waals surface area (Å²) < 4.78 is 24.2. The van der Waals surface area contributed by atoms with Gasteiger partial charge in [0.25, 0.3) is 5.91 Å². The van der Waals surface area contributed by atoms with E-state index in [1.165, 1.54) is 0 Å². The second-order valence-electron chi connectivity index (χ2n) is 12.1. The summed E-state index contributed by atoms with van der Waals surface area (Å²) in [6.07, 6.45) is 9.76. The van der Waals surface area contributed by atoms with Crippen molar-refractivity contribution in [3.63, 3.8) is 0 Å². The van der Waals surface area contributed by atoms with Crippen molar-refractivity contribution < 1.29 is 18.5 Å². The van der Waals surface area contributed by atoms with Crippen molar-refractivity contribution in [2.24, 2.45) is 5.92 Å². The quantitative estimate of drug-likeness (QED) is 0.133. The number of carbonyl (C=O) groups excluding carboxylic acids is 1. The lowest BCUT2D eigenvalue weighted by Gasteiger charge is -2.27. The van der Waals surface area contributed by atoms with Gasteiger partial charge < -0.3 is 19.7 Å². The van der Waals surface area contributed by atoms with Crippen LogP contribution in [0.5, 0.6) is 5.75 Å². The highest BCUT2D eigenvalue weighted by molar-refractivity contribution is 7.84. The molecule has 47 heavy (non-hydrogen) atoms. The van der Waals surface area contributed by atoms with Gasteiger partial charge in [0.05, 0.1) is 35.0 Å². The lowest BCUT2D eigenvalue weighted by molar-refractivity contribution is -0.112. The molecule has 2 aromatic carbocycles. The number of nitrogens with zero attached hydrogens (tertiary/aromatic N) is 3. The summed E-state index contributed by atoms with van der Waals surface area (Å²) in [5.41, 5.74) is 6.41. The van der Waals surface area contributed by atoms with Crippen LogP contribution < -0.4 is 15.0 Å². The second-order valence-corrected chi connectivity index (χ2v) is 13.5. The minimum Gasteiger partial charge on any atom is -0.491 e. The summed E-state index contributed by atoms with van der Waals surface area (Å²) in [6, 6.07) is 21.7. The molecule has 1 atom stereocenters. The molecular weight excluding hydrogens is 609 g/mol. The van der Waals surface area contributed by atoms with Crippen molar-refractivity contribution in [2.75, 3.05) is 43.1 Å². The number of hydrogen-bond acceptors (Lipinski definition) is 7. The van der Waals surface area contributed by atoms with Gasteiger partial charge in [-0.25, -0.2) is 4.98 Å². The fourth-order valence-corrected chi connectivity index (χ4v) is 6.41. The Hall–Kier alpha value is -4.34. The van der Waals surface area contributed by atoms with Crippen LogP contribution in [-0.4, -0.2) is 53.0 Å². The zero-order chi connectivity index (χ0) is 33.0. The highest BCUT2D eigenvalue weighted by Gasteiger charge is 2.21. The van der Waals surface area contributed by atoms with E-state index in [0.29, 0.717) is 47.6 Å². The van der Waals surface area contributed by atoms with Gasteiger partial charge in [0.2, 0.25) is 0 Å². The average Bonchev–Trinajstić information content (AvgIpc) is 3.26. The van der Waals surface area contributed by atoms with Crippen LogP contribution in [0.25, 0.3) is 17.2 Å². The molecule has 8 nitrogen and oxygen atoms in total. The highest BCUT2D eigenvalue weighted by Crippen LogP contribution is 2.33. The molecule has 0 fully saturated rings. The van der Waals surface area contributed by atoms with Crippen LogP contribution >= 0.6 is 0 Å². The summed E-state index contributed by atoms with van der Waals surface area (Å²) in [4.78, 5) is 24.4. The van der Waals surface area contributed by atoms with E-state index in [1.807, 2.05) is 30.3 Å². The molecule has 1 unspecified atom stereocenters. The zero-order valence-electron chi connectivity index (χ0n) is 27.5. The van der Waals surface area contributed by atoms with Crippen molar-refractivity contribution in [1.82, 2.24) is 9.97 Å². The second kappa shape index (κ2) is 17.0. The SMILES string of the molecule is CCCCOCCOc1ccc(-c2ccc3c(c2)C=C(C(=O)Nc2ccc(S(=O)Cc4cccnc4)nc2)CCN3CC(C)C)cc1. The van der Waals surface area contributed by atoms with E-state index in [-0.39, 0.29) is 5.91 Å². The molecular formula is C38H44N4O4S. The first-order valence-electron chi connectivity index (χ1n) is 16.3. The first-order valence-corrected chi connectivity index (χ1v) is 17.7. The number of amides is 1. The van der Waals surface area contributed by atoms with E-state index in [2.05, 4.69) is 71.3 Å². The number of carbonyl (C=O) groups is 1. The van der Waals surface area contributed by atoms with Gasteiger partial charge in [-0.05, 0) is 89.6 Å². The maximum absolute atomic E-state index is 13.6. The van der Waals surface area contributed by atoms with E-state index in [0.717, 1.165) is 66.2 Å². The Morgan fingerprint density at radius 2 is 1.83 bits per heavy atom. The molecule has 2 aromatic heterocycles. The Morgan fingerprint density at radius 1 is 1.00 bits per heavy atom. The van der Waals surface area contributed by atoms with Crippen molar-refractivity contribution in [3.05, 3.63) is 102 Å². The number of fused-ring (bicyclic) bond motifs is 1. The molecule has 5 rings (SSSR count). The highest BCUT2D eigenvalue weighted by atomic mass is 32.2. The number of aromatic nitrogens is 2. The van der Waals surface area contributed by atoms with Gasteiger partial charge in [-0.1, -0.05) is 51.5 Å². The Morgan fingerprint density at radius 3 is 2.55 bits per heavy atom. The molecule has 1 aliphatic rings. The summed E-state index contributed by atoms with van der Waals surface area (Å²) in [5.74, 6) is 1.45. The Labute approximate surface area is 280 Å². The van der Waals surface area contributed by atoms with Crippen LogP contribution in [0, 0.1) is 5.92 Å². The summed E-state index contributed by atoms with van der Waals surface area (Å²) in [6.45, 7) is 10.1. The average molecular weight is 653 g/mol. The van der Waals surface area contributed by atoms with Gasteiger partial charge in [0, 0.05) is 43.4 Å². The monoisotopic (exact) mass is 652 g/mol. The van der Waals surface area contributed by atoms with Crippen LogP contribution in [0.4, 0.5) is 11.4 Å². The summed E-state index contributed by atoms with van der Waals surface area (Å²) in [7, 11) is -1.31. The number of ether oxygens (including phenoxy) is 2. The first-order chi connectivity index (χ1) is 22.9. The van der Waals surface area contributed by atoms with E-state index in [9.17, 15) is 9.00 Å². The van der Waals surface area contributed by atoms with Crippen molar-refractivity contribution in [2.45, 2.75) is 50.8 Å². The third kappa shape index (κ3) is 9.83. The van der Waals surface area contributed by atoms with Crippen LogP contribution in [0.2, 0.25) is 0 Å². The predicted octanol–water partition coefficient (Wildman–Crippen LogP) is 7.54. The molecule has 1 N–H and O–H groups in total. The molecule has 3 heterocycles. The van der Waals surface area contributed by atoms with Crippen LogP contribution in [0.1, 0.15) is 51.2 Å². The molecule has 1 aliphatic heterocycles. The Kier molecular flexibility index (Phi) is 12.3. The Balaban J connectivity index is 1.28. The van der Waals surface area contributed by atoms with Crippen molar-refractivity contribution in [3.8, 4) is 16.9 Å². The summed E-state index contributed by atoms with van der Waals surface area (Å²) in [5, 5.41) is 3.47. The van der Waals surface area contributed by atoms with Gasteiger partial charge in [-0.15, -0.1) is 0 Å². The number of benzene rings is 2. The fraction of sp³-hybridized carbons (Fsp3) is 0.342. The predicted molar refractivity (Wildman–Crippen MR) is 190 cm³/mol. The van der Waals surface area contributed by atoms with Gasteiger partial charge in [0.15, 0.2) is 0 Å². The smallest absolute Gasteiger partial charge is 0.251 e. The molecule has 4 aromatic rings. The van der Waals surface area contributed by atoms with E-state index in [4.69, 9.17) is 9.47 Å². The minimum absolute atomic E-state index is 0.168. The van der Waals surface area contributed by atoms with E-state index in [1.54, 1.807) is 30.7 Å². The molecule has 0 saturated carbocycles. The largest absolute Gasteiger partial charge is 0.491 e. The molecule has 0 radical (unpaired) electrons. The molecule has 0 spiro atoms. The normalized spacial score (nSPS) is 13.4. The number of unbranched alkanes of at least 4 members (excludes halogenated alkanes) is 1. The molecule has 0 aliphatic carbocycles. The maximum atomic E-state index is 13.6. The lowest BCUT2D eigenvalue weighted by atomic mass is 10.00. The van der Waals surface area contributed by atoms with Crippen LogP contribution in [0.3, 0.4) is 0 Å². The Bertz CT molecular complexity index is 1660. The molecule has 0 bridgehead atoms. The lowest BCUT2D eigenvalue weighted by Crippen LogP contribution is -2.29. The number of anilines is 2. The maximum Gasteiger partial charge on any atom is 0.251 e. The first kappa shape index (κ1) is 34.0. The molecule has 1 amide bonds. The van der Waals surface area contributed by atoms with Crippen LogP contribution in [-0.2, 0) is 26.1 Å². The molecule has 9 heteroatoms.